The molecule has 0 bridgehead atoms. The summed E-state index contributed by atoms with van der Waals surface area (Å²) in [5, 5.41) is 0. The Hall–Kier alpha value is -1.96. The van der Waals surface area contributed by atoms with E-state index in [-0.39, 0.29) is 0 Å². The summed E-state index contributed by atoms with van der Waals surface area (Å²) in [6, 6.07) is 0. The summed E-state index contributed by atoms with van der Waals surface area (Å²) < 4.78 is 0. The zero-order chi connectivity index (χ0) is 23.6. The fourth-order valence-corrected chi connectivity index (χ4v) is 3.14. The second-order valence-corrected chi connectivity index (χ2v) is 8.52. The van der Waals surface area contributed by atoms with Crippen molar-refractivity contribution in [2.24, 2.45) is 27.7 Å². The van der Waals surface area contributed by atoms with Gasteiger partial charge < -0.3 is 0 Å². The monoisotopic (exact) mass is 409 g/mol. The first-order valence-corrected chi connectivity index (χ1v) is 11.4. The van der Waals surface area contributed by atoms with Crippen LogP contribution < -0.4 is 0 Å². The molecule has 1 aliphatic rings. The van der Waals surface area contributed by atoms with Crippen LogP contribution in [0.1, 0.15) is 82.6 Å². The Kier molecular flexibility index (Phi) is 12.5. The third-order valence-electron chi connectivity index (χ3n) is 5.23. The topological polar surface area (TPSA) is 24.7 Å². The summed E-state index contributed by atoms with van der Waals surface area (Å²) >= 11 is 0. The summed E-state index contributed by atoms with van der Waals surface area (Å²) in [4.78, 5) is 9.99. The maximum Gasteiger partial charge on any atom is 0.0696 e. The molecule has 0 amide bonds. The molecule has 30 heavy (non-hydrogen) atoms. The average molecular weight is 410 g/mol. The van der Waals surface area contributed by atoms with Crippen molar-refractivity contribution in [1.82, 2.24) is 0 Å². The first-order chi connectivity index (χ1) is 14.0. The Labute approximate surface area is 187 Å². The van der Waals surface area contributed by atoms with Crippen LogP contribution in [0.25, 0.3) is 0 Å². The molecule has 0 saturated heterocycles. The third-order valence-corrected chi connectivity index (χ3v) is 5.23. The molecule has 1 aliphatic carbocycles. The summed E-state index contributed by atoms with van der Waals surface area (Å²) in [7, 11) is 0. The van der Waals surface area contributed by atoms with E-state index in [9.17, 15) is 0 Å². The zero-order valence-corrected chi connectivity index (χ0v) is 21.5. The van der Waals surface area contributed by atoms with Crippen LogP contribution in [-0.2, 0) is 0 Å². The molecule has 1 rings (SSSR count). The van der Waals surface area contributed by atoms with E-state index >= 15 is 0 Å². The molecule has 0 N–H and O–H groups in total. The second-order valence-electron chi connectivity index (χ2n) is 8.52. The van der Waals surface area contributed by atoms with Gasteiger partial charge in [-0.1, -0.05) is 80.7 Å². The number of hydrogen-bond acceptors (Lipinski definition) is 2. The number of nitrogens with zero attached hydrogens (tertiary/aromatic N) is 2. The van der Waals surface area contributed by atoms with Crippen molar-refractivity contribution in [3.63, 3.8) is 0 Å². The van der Waals surface area contributed by atoms with Gasteiger partial charge in [-0.05, 0) is 73.7 Å². The van der Waals surface area contributed by atoms with E-state index in [0.29, 0.717) is 17.8 Å². The van der Waals surface area contributed by atoms with E-state index < -0.39 is 0 Å². The Morgan fingerprint density at radius 2 is 1.57 bits per heavy atom. The fourth-order valence-electron chi connectivity index (χ4n) is 3.14. The van der Waals surface area contributed by atoms with Crippen LogP contribution in [0.5, 0.6) is 0 Å². The van der Waals surface area contributed by atoms with Crippen molar-refractivity contribution >= 4 is 11.4 Å². The molecule has 2 nitrogen and oxygen atoms in total. The molecular formula is C28H45N2. The van der Waals surface area contributed by atoms with Gasteiger partial charge in [-0.25, -0.2) is 0 Å². The quantitative estimate of drug-likeness (QED) is 0.283. The lowest BCUT2D eigenvalue weighted by Gasteiger charge is -2.21. The van der Waals surface area contributed by atoms with E-state index in [4.69, 9.17) is 9.98 Å². The molecule has 0 spiro atoms. The van der Waals surface area contributed by atoms with Gasteiger partial charge in [0.2, 0.25) is 0 Å². The molecule has 0 atom stereocenters. The molecule has 1 radical (unpaired) electrons. The molecule has 0 fully saturated rings. The highest BCUT2D eigenvalue weighted by Crippen LogP contribution is 2.31. The molecule has 2 heteroatoms. The van der Waals surface area contributed by atoms with Gasteiger partial charge >= 0.3 is 0 Å². The van der Waals surface area contributed by atoms with Crippen LogP contribution in [-0.4, -0.2) is 11.4 Å². The van der Waals surface area contributed by atoms with Crippen molar-refractivity contribution in [3.05, 3.63) is 65.4 Å². The minimum atomic E-state index is 0.325. The summed E-state index contributed by atoms with van der Waals surface area (Å²) in [5.41, 5.74) is 8.65. The zero-order valence-electron chi connectivity index (χ0n) is 21.5. The molecule has 0 aromatic rings. The first-order valence-electron chi connectivity index (χ1n) is 11.4. The average Bonchev–Trinajstić information content (AvgIpc) is 2.69. The van der Waals surface area contributed by atoms with Crippen LogP contribution in [0.2, 0.25) is 0 Å². The number of aliphatic imine (C=N–C) groups is 2. The molecule has 0 heterocycles. The highest BCUT2D eigenvalue weighted by molar-refractivity contribution is 6.41. The lowest BCUT2D eigenvalue weighted by molar-refractivity contribution is 0.743. The highest BCUT2D eigenvalue weighted by Gasteiger charge is 2.18. The van der Waals surface area contributed by atoms with Gasteiger partial charge in [0.15, 0.2) is 0 Å². The number of rotatable bonds is 8. The maximum atomic E-state index is 4.99. The number of hydrogen-bond donors (Lipinski definition) is 0. The molecule has 0 aromatic heterocycles. The van der Waals surface area contributed by atoms with Crippen molar-refractivity contribution in [2.75, 3.05) is 0 Å². The van der Waals surface area contributed by atoms with E-state index in [2.05, 4.69) is 74.1 Å². The second kappa shape index (κ2) is 13.4. The SMILES string of the molecule is C=C/C(=C(/N=C(C)C(C)=NC1=C(C)[CH]CC=C1C(C)C)C(=C)C(C)C)C(C)C.CC. The van der Waals surface area contributed by atoms with E-state index in [1.54, 1.807) is 0 Å². The fraction of sp³-hybridized carbons (Fsp3) is 0.536. The lowest BCUT2D eigenvalue weighted by atomic mass is 9.90. The molecule has 0 saturated carbocycles. The van der Waals surface area contributed by atoms with Gasteiger partial charge in [0.25, 0.3) is 0 Å². The van der Waals surface area contributed by atoms with Crippen LogP contribution in [0.3, 0.4) is 0 Å². The summed E-state index contributed by atoms with van der Waals surface area (Å²) in [6.07, 6.45) is 7.43. The van der Waals surface area contributed by atoms with Gasteiger partial charge in [0.05, 0.1) is 22.8 Å². The van der Waals surface area contributed by atoms with Crippen molar-refractivity contribution in [2.45, 2.75) is 82.6 Å². The standard InChI is InChI=1S/C26H39N2.C2H6/c1-12-23(17(4)5)26(20(9)16(2)3)28-22(11)21(10)27-25-19(8)14-13-15-24(25)18(6)7;1-2/h12,14-18H,1,9,13H2,2-8,10-11H3;1-2H3/b26-23-,27-21?,28-22?;. The maximum absolute atomic E-state index is 4.99. The van der Waals surface area contributed by atoms with Gasteiger partial charge in [-0.15, -0.1) is 0 Å². The van der Waals surface area contributed by atoms with Crippen LogP contribution in [0, 0.1) is 24.2 Å². The summed E-state index contributed by atoms with van der Waals surface area (Å²) in [5.74, 6) is 1.12. The van der Waals surface area contributed by atoms with Crippen LogP contribution in [0.4, 0.5) is 0 Å². The van der Waals surface area contributed by atoms with E-state index in [1.807, 2.05) is 33.8 Å². The van der Waals surface area contributed by atoms with Crippen molar-refractivity contribution in [1.29, 1.82) is 0 Å². The van der Waals surface area contributed by atoms with Gasteiger partial charge in [0.1, 0.15) is 0 Å². The molecule has 167 valence electrons. The van der Waals surface area contributed by atoms with E-state index in [0.717, 1.165) is 40.4 Å². The Morgan fingerprint density at radius 1 is 1.00 bits per heavy atom. The smallest absolute Gasteiger partial charge is 0.0696 e. The molecule has 0 unspecified atom stereocenters. The minimum absolute atomic E-state index is 0.325. The Bertz CT molecular complexity index is 762. The van der Waals surface area contributed by atoms with Gasteiger partial charge in [-0.2, -0.15) is 0 Å². The van der Waals surface area contributed by atoms with Crippen molar-refractivity contribution in [3.8, 4) is 0 Å². The predicted molar refractivity (Wildman–Crippen MR) is 138 cm³/mol. The molecule has 0 aliphatic heterocycles. The van der Waals surface area contributed by atoms with Crippen molar-refractivity contribution < 1.29 is 0 Å². The lowest BCUT2D eigenvalue weighted by Crippen LogP contribution is -2.12. The minimum Gasteiger partial charge on any atom is -0.252 e. The third kappa shape index (κ3) is 7.70. The normalized spacial score (nSPS) is 16.4. The first kappa shape index (κ1) is 28.0. The number of allylic oxidation sites excluding steroid dienone is 6. The van der Waals surface area contributed by atoms with Crippen LogP contribution in [0.15, 0.2) is 69.0 Å². The van der Waals surface area contributed by atoms with Crippen LogP contribution >= 0.6 is 0 Å². The Balaban J connectivity index is 0.00000407. The van der Waals surface area contributed by atoms with Gasteiger partial charge in [0, 0.05) is 0 Å². The molecular weight excluding hydrogens is 364 g/mol. The molecule has 0 aromatic carbocycles. The van der Waals surface area contributed by atoms with E-state index in [1.165, 1.54) is 11.1 Å². The Morgan fingerprint density at radius 3 is 2.00 bits per heavy atom. The highest BCUT2D eigenvalue weighted by atomic mass is 14.8. The van der Waals surface area contributed by atoms with Gasteiger partial charge in [-0.3, -0.25) is 9.98 Å². The predicted octanol–water partition coefficient (Wildman–Crippen LogP) is 8.71. The summed E-state index contributed by atoms with van der Waals surface area (Å²) in [6.45, 7) is 31.6. The largest absolute Gasteiger partial charge is 0.252 e.